The first-order valence-electron chi connectivity index (χ1n) is 5.35. The monoisotopic (exact) mass is 247 g/mol. The van der Waals surface area contributed by atoms with Gasteiger partial charge in [0.05, 0.1) is 17.0 Å². The van der Waals surface area contributed by atoms with E-state index in [9.17, 15) is 4.79 Å². The first kappa shape index (κ1) is 12.0. The molecule has 1 aliphatic rings. The molecule has 2 N–H and O–H groups in total. The Morgan fingerprint density at radius 2 is 2.35 bits per heavy atom. The van der Waals surface area contributed by atoms with Crippen molar-refractivity contribution in [3.05, 3.63) is 23.8 Å². The van der Waals surface area contributed by atoms with Gasteiger partial charge < -0.3 is 5.73 Å². The highest BCUT2D eigenvalue weighted by Crippen LogP contribution is 2.39. The zero-order valence-electron chi connectivity index (χ0n) is 9.51. The van der Waals surface area contributed by atoms with Gasteiger partial charge in [0.1, 0.15) is 6.54 Å². The highest BCUT2D eigenvalue weighted by molar-refractivity contribution is 8.00. The third-order valence-corrected chi connectivity index (χ3v) is 3.85. The number of amides is 1. The first-order valence-corrected chi connectivity index (χ1v) is 6.23. The van der Waals surface area contributed by atoms with Crippen LogP contribution in [0.1, 0.15) is 12.5 Å². The molecule has 1 aliphatic heterocycles. The van der Waals surface area contributed by atoms with Crippen molar-refractivity contribution in [3.63, 3.8) is 0 Å². The van der Waals surface area contributed by atoms with Gasteiger partial charge >= 0.3 is 0 Å². The molecule has 4 nitrogen and oxygen atoms in total. The van der Waals surface area contributed by atoms with Crippen LogP contribution >= 0.6 is 11.8 Å². The number of hydrogen-bond acceptors (Lipinski definition) is 4. The molecule has 1 aromatic carbocycles. The lowest BCUT2D eigenvalue weighted by atomic mass is 10.1. The normalized spacial score (nSPS) is 18.8. The Kier molecular flexibility index (Phi) is 3.36. The van der Waals surface area contributed by atoms with Crippen LogP contribution in [0.2, 0.25) is 0 Å². The summed E-state index contributed by atoms with van der Waals surface area (Å²) in [5, 5.41) is 8.66. The molecule has 1 atom stereocenters. The lowest BCUT2D eigenvalue weighted by Crippen LogP contribution is -2.40. The van der Waals surface area contributed by atoms with E-state index in [1.165, 1.54) is 16.7 Å². The number of carbonyl (C=O) groups is 1. The lowest BCUT2D eigenvalue weighted by molar-refractivity contribution is -0.117. The van der Waals surface area contributed by atoms with E-state index in [1.54, 1.807) is 0 Å². The SMILES string of the molecule is CC1Sc2ccc(CN)cc2N(CC#N)C1=O. The van der Waals surface area contributed by atoms with E-state index in [4.69, 9.17) is 11.0 Å². The predicted molar refractivity (Wildman–Crippen MR) is 67.6 cm³/mol. The molecule has 0 saturated carbocycles. The van der Waals surface area contributed by atoms with Gasteiger partial charge in [-0.25, -0.2) is 0 Å². The molecule has 0 spiro atoms. The van der Waals surface area contributed by atoms with Gasteiger partial charge in [-0.05, 0) is 24.6 Å². The summed E-state index contributed by atoms with van der Waals surface area (Å²) in [6.45, 7) is 2.38. The fraction of sp³-hybridized carbons (Fsp3) is 0.333. The van der Waals surface area contributed by atoms with Crippen molar-refractivity contribution in [1.82, 2.24) is 0 Å². The minimum atomic E-state index is -0.139. The van der Waals surface area contributed by atoms with E-state index in [1.807, 2.05) is 31.2 Å². The van der Waals surface area contributed by atoms with Crippen LogP contribution in [0.4, 0.5) is 5.69 Å². The van der Waals surface area contributed by atoms with Crippen molar-refractivity contribution in [1.29, 1.82) is 5.26 Å². The van der Waals surface area contributed by atoms with Crippen LogP contribution in [0.5, 0.6) is 0 Å². The Balaban J connectivity index is 2.48. The fourth-order valence-corrected chi connectivity index (χ4v) is 2.86. The minimum Gasteiger partial charge on any atom is -0.326 e. The van der Waals surface area contributed by atoms with Gasteiger partial charge in [-0.1, -0.05) is 6.07 Å². The second-order valence-corrected chi connectivity index (χ2v) is 5.23. The average Bonchev–Trinajstić information content (AvgIpc) is 2.34. The molecule has 17 heavy (non-hydrogen) atoms. The Morgan fingerprint density at radius 1 is 1.59 bits per heavy atom. The zero-order chi connectivity index (χ0) is 12.4. The number of nitrogens with two attached hydrogens (primary N) is 1. The quantitative estimate of drug-likeness (QED) is 0.804. The largest absolute Gasteiger partial charge is 0.326 e. The maximum atomic E-state index is 12.0. The van der Waals surface area contributed by atoms with E-state index in [0.29, 0.717) is 6.54 Å². The number of benzene rings is 1. The molecule has 0 fully saturated rings. The molecule has 0 saturated heterocycles. The zero-order valence-corrected chi connectivity index (χ0v) is 10.3. The van der Waals surface area contributed by atoms with Crippen molar-refractivity contribution < 1.29 is 4.79 Å². The van der Waals surface area contributed by atoms with Crippen LogP contribution < -0.4 is 10.6 Å². The molecule has 5 heteroatoms. The number of anilines is 1. The van der Waals surface area contributed by atoms with Gasteiger partial charge in [0.2, 0.25) is 5.91 Å². The number of fused-ring (bicyclic) bond motifs is 1. The average molecular weight is 247 g/mol. The highest BCUT2D eigenvalue weighted by atomic mass is 32.2. The van der Waals surface area contributed by atoms with Gasteiger partial charge in [0, 0.05) is 11.4 Å². The second-order valence-electron chi connectivity index (χ2n) is 3.85. The van der Waals surface area contributed by atoms with E-state index < -0.39 is 0 Å². The van der Waals surface area contributed by atoms with E-state index >= 15 is 0 Å². The number of carbonyl (C=O) groups excluding carboxylic acids is 1. The lowest BCUT2D eigenvalue weighted by Gasteiger charge is -2.30. The Hall–Kier alpha value is -1.51. The summed E-state index contributed by atoms with van der Waals surface area (Å²) in [6, 6.07) is 7.85. The number of thioether (sulfide) groups is 1. The molecular formula is C12H13N3OS. The van der Waals surface area contributed by atoms with Gasteiger partial charge in [0.25, 0.3) is 0 Å². The van der Waals surface area contributed by atoms with Gasteiger partial charge in [-0.3, -0.25) is 9.69 Å². The van der Waals surface area contributed by atoms with Crippen molar-refractivity contribution in [2.24, 2.45) is 5.73 Å². The van der Waals surface area contributed by atoms with Crippen molar-refractivity contribution in [3.8, 4) is 6.07 Å². The Morgan fingerprint density at radius 3 is 3.00 bits per heavy atom. The van der Waals surface area contributed by atoms with E-state index in [-0.39, 0.29) is 17.7 Å². The summed E-state index contributed by atoms with van der Waals surface area (Å²) in [7, 11) is 0. The number of hydrogen-bond donors (Lipinski definition) is 1. The molecule has 1 heterocycles. The Bertz CT molecular complexity index is 495. The van der Waals surface area contributed by atoms with Crippen LogP contribution in [0, 0.1) is 11.3 Å². The van der Waals surface area contributed by atoms with Gasteiger partial charge in [-0.2, -0.15) is 5.26 Å². The first-order chi connectivity index (χ1) is 8.17. The highest BCUT2D eigenvalue weighted by Gasteiger charge is 2.30. The van der Waals surface area contributed by atoms with Gasteiger partial charge in [0.15, 0.2) is 0 Å². The summed E-state index contributed by atoms with van der Waals surface area (Å²) in [6.07, 6.45) is 0. The van der Waals surface area contributed by atoms with Crippen molar-refractivity contribution in [2.75, 3.05) is 11.4 Å². The van der Waals surface area contributed by atoms with Gasteiger partial charge in [-0.15, -0.1) is 11.8 Å². The van der Waals surface area contributed by atoms with Crippen LogP contribution in [-0.2, 0) is 11.3 Å². The molecule has 0 bridgehead atoms. The molecule has 1 unspecified atom stereocenters. The maximum absolute atomic E-state index is 12.0. The minimum absolute atomic E-state index is 0.0155. The number of rotatable bonds is 2. The second kappa shape index (κ2) is 4.78. The molecular weight excluding hydrogens is 234 g/mol. The third kappa shape index (κ3) is 2.14. The fourth-order valence-electron chi connectivity index (χ4n) is 1.81. The summed E-state index contributed by atoms with van der Waals surface area (Å²) in [4.78, 5) is 14.6. The molecule has 1 aromatic rings. The summed E-state index contributed by atoms with van der Waals surface area (Å²) >= 11 is 1.53. The van der Waals surface area contributed by atoms with Crippen LogP contribution in [0.25, 0.3) is 0 Å². The molecule has 1 amide bonds. The van der Waals surface area contributed by atoms with Crippen LogP contribution in [0.3, 0.4) is 0 Å². The summed E-state index contributed by atoms with van der Waals surface area (Å²) in [5.74, 6) is -0.0155. The molecule has 2 rings (SSSR count). The smallest absolute Gasteiger partial charge is 0.241 e. The maximum Gasteiger partial charge on any atom is 0.241 e. The van der Waals surface area contributed by atoms with Crippen LogP contribution in [0.15, 0.2) is 23.1 Å². The summed E-state index contributed by atoms with van der Waals surface area (Å²) < 4.78 is 0. The topological polar surface area (TPSA) is 70.1 Å². The van der Waals surface area contributed by atoms with Crippen LogP contribution in [-0.4, -0.2) is 17.7 Å². The molecule has 0 aromatic heterocycles. The summed E-state index contributed by atoms with van der Waals surface area (Å²) in [5.41, 5.74) is 7.36. The number of nitriles is 1. The molecule has 0 aliphatic carbocycles. The van der Waals surface area contributed by atoms with Crippen molar-refractivity contribution >= 4 is 23.4 Å². The third-order valence-electron chi connectivity index (χ3n) is 2.70. The van der Waals surface area contributed by atoms with E-state index in [0.717, 1.165) is 16.1 Å². The Labute approximate surface area is 104 Å². The molecule has 88 valence electrons. The molecule has 0 radical (unpaired) electrons. The predicted octanol–water partition coefficient (Wildman–Crippen LogP) is 1.50. The number of nitrogens with zero attached hydrogens (tertiary/aromatic N) is 2. The van der Waals surface area contributed by atoms with Crippen molar-refractivity contribution in [2.45, 2.75) is 23.6 Å². The van der Waals surface area contributed by atoms with E-state index in [2.05, 4.69) is 0 Å². The standard InChI is InChI=1S/C12H13N3OS/c1-8-12(16)15(5-4-13)10-6-9(7-14)2-3-11(10)17-8/h2-3,6,8H,5,7,14H2,1H3.